The monoisotopic (exact) mass is 230 g/mol. The maximum atomic E-state index is 11.0. The normalized spacial score (nSPS) is 20.8. The largest absolute Gasteiger partial charge is 0.298 e. The average Bonchev–Trinajstić information content (AvgIpc) is 2.23. The van der Waals surface area contributed by atoms with Crippen LogP contribution in [-0.2, 0) is 10.8 Å². The van der Waals surface area contributed by atoms with Gasteiger partial charge >= 0.3 is 0 Å². The summed E-state index contributed by atoms with van der Waals surface area (Å²) in [5.41, 5.74) is 5.33. The van der Waals surface area contributed by atoms with Gasteiger partial charge in [-0.25, -0.2) is 0 Å². The molecule has 0 saturated heterocycles. The number of rotatable bonds is 1. The van der Waals surface area contributed by atoms with Crippen LogP contribution in [0.1, 0.15) is 67.6 Å². The highest BCUT2D eigenvalue weighted by Gasteiger charge is 2.38. The zero-order valence-electron chi connectivity index (χ0n) is 11.6. The van der Waals surface area contributed by atoms with E-state index in [2.05, 4.69) is 40.7 Å². The molecule has 0 aliphatic heterocycles. The maximum absolute atomic E-state index is 11.0. The summed E-state index contributed by atoms with van der Waals surface area (Å²) in [5.74, 6) is 0. The van der Waals surface area contributed by atoms with Crippen molar-refractivity contribution < 1.29 is 4.79 Å². The van der Waals surface area contributed by atoms with Crippen molar-refractivity contribution in [2.24, 2.45) is 0 Å². The number of benzene rings is 1. The smallest absolute Gasteiger partial charge is 0.150 e. The molecule has 1 aliphatic rings. The number of aldehydes is 1. The molecule has 0 unspecified atom stereocenters. The number of hydrogen-bond acceptors (Lipinski definition) is 1. The van der Waals surface area contributed by atoms with Crippen molar-refractivity contribution in [1.29, 1.82) is 0 Å². The minimum Gasteiger partial charge on any atom is -0.298 e. The van der Waals surface area contributed by atoms with Gasteiger partial charge in [-0.1, -0.05) is 27.7 Å². The van der Waals surface area contributed by atoms with Gasteiger partial charge in [-0.15, -0.1) is 0 Å². The van der Waals surface area contributed by atoms with Crippen LogP contribution in [0.4, 0.5) is 0 Å². The van der Waals surface area contributed by atoms with E-state index in [1.54, 1.807) is 0 Å². The number of carbonyl (C=O) groups excluding carboxylic acids is 1. The van der Waals surface area contributed by atoms with Gasteiger partial charge in [0.2, 0.25) is 0 Å². The Morgan fingerprint density at radius 2 is 1.65 bits per heavy atom. The molecule has 0 fully saturated rings. The highest BCUT2D eigenvalue weighted by molar-refractivity contribution is 5.76. The first-order valence-corrected chi connectivity index (χ1v) is 6.39. The summed E-state index contributed by atoms with van der Waals surface area (Å²) in [4.78, 5) is 11.0. The highest BCUT2D eigenvalue weighted by Crippen LogP contribution is 2.47. The van der Waals surface area contributed by atoms with Crippen LogP contribution in [0.25, 0.3) is 0 Å². The van der Waals surface area contributed by atoms with Crippen LogP contribution < -0.4 is 0 Å². The lowest BCUT2D eigenvalue weighted by Crippen LogP contribution is -2.34. The summed E-state index contributed by atoms with van der Waals surface area (Å²) < 4.78 is 0. The Kier molecular flexibility index (Phi) is 2.68. The summed E-state index contributed by atoms with van der Waals surface area (Å²) in [6, 6.07) is 4.12. The molecule has 1 heteroatoms. The minimum atomic E-state index is 0.189. The lowest BCUT2D eigenvalue weighted by atomic mass is 9.62. The molecule has 0 saturated carbocycles. The molecule has 0 N–H and O–H groups in total. The third-order valence-electron chi connectivity index (χ3n) is 4.27. The Bertz CT molecular complexity index is 467. The molecule has 0 amide bonds. The van der Waals surface area contributed by atoms with Crippen molar-refractivity contribution in [3.8, 4) is 0 Å². The second-order valence-corrected chi connectivity index (χ2v) is 6.65. The van der Waals surface area contributed by atoms with Gasteiger partial charge in [0.05, 0.1) is 0 Å². The molecule has 0 bridgehead atoms. The van der Waals surface area contributed by atoms with Gasteiger partial charge < -0.3 is 0 Å². The average molecular weight is 230 g/mol. The third kappa shape index (κ3) is 1.92. The van der Waals surface area contributed by atoms with Crippen LogP contribution in [0.2, 0.25) is 0 Å². The van der Waals surface area contributed by atoms with E-state index < -0.39 is 0 Å². The lowest BCUT2D eigenvalue weighted by molar-refractivity contribution is 0.112. The van der Waals surface area contributed by atoms with Gasteiger partial charge in [-0.3, -0.25) is 4.79 Å². The fourth-order valence-electron chi connectivity index (χ4n) is 3.20. The predicted molar refractivity (Wildman–Crippen MR) is 71.9 cm³/mol. The molecule has 2 rings (SSSR count). The Morgan fingerprint density at radius 3 is 2.24 bits per heavy atom. The van der Waals surface area contributed by atoms with E-state index in [-0.39, 0.29) is 10.8 Å². The highest BCUT2D eigenvalue weighted by atomic mass is 16.1. The van der Waals surface area contributed by atoms with Crippen molar-refractivity contribution in [2.75, 3.05) is 0 Å². The topological polar surface area (TPSA) is 17.1 Å². The van der Waals surface area contributed by atoms with Gasteiger partial charge in [0.25, 0.3) is 0 Å². The summed E-state index contributed by atoms with van der Waals surface area (Å²) in [7, 11) is 0. The second-order valence-electron chi connectivity index (χ2n) is 6.65. The van der Waals surface area contributed by atoms with Gasteiger partial charge in [-0.2, -0.15) is 0 Å². The Balaban J connectivity index is 2.75. The van der Waals surface area contributed by atoms with Gasteiger partial charge in [0.15, 0.2) is 0 Å². The van der Waals surface area contributed by atoms with E-state index in [9.17, 15) is 4.79 Å². The molecule has 0 spiro atoms. The fourth-order valence-corrected chi connectivity index (χ4v) is 3.20. The van der Waals surface area contributed by atoms with E-state index in [4.69, 9.17) is 0 Å². The van der Waals surface area contributed by atoms with E-state index in [1.807, 2.05) is 6.07 Å². The van der Waals surface area contributed by atoms with Crippen molar-refractivity contribution in [1.82, 2.24) is 0 Å². The van der Waals surface area contributed by atoms with E-state index in [0.29, 0.717) is 0 Å². The summed E-state index contributed by atoms with van der Waals surface area (Å²) in [5, 5.41) is 0. The molecule has 0 atom stereocenters. The molecule has 1 aliphatic carbocycles. The van der Waals surface area contributed by atoms with Crippen molar-refractivity contribution in [3.05, 3.63) is 34.4 Å². The number of hydrogen-bond donors (Lipinski definition) is 0. The fraction of sp³-hybridized carbons (Fsp3) is 0.562. The Labute approximate surface area is 104 Å². The van der Waals surface area contributed by atoms with Gasteiger partial charge in [0.1, 0.15) is 6.29 Å². The van der Waals surface area contributed by atoms with Crippen LogP contribution in [0.5, 0.6) is 0 Å². The number of fused-ring (bicyclic) bond motifs is 1. The van der Waals surface area contributed by atoms with Crippen LogP contribution in [0, 0.1) is 6.92 Å². The van der Waals surface area contributed by atoms with Gasteiger partial charge in [-0.05, 0) is 59.4 Å². The predicted octanol–water partition coefficient (Wildman–Crippen LogP) is 4.16. The SMILES string of the molecule is Cc1cc(C=O)cc2c1C(C)(C)CCC2(C)C. The summed E-state index contributed by atoms with van der Waals surface area (Å²) in [6.07, 6.45) is 3.37. The molecule has 92 valence electrons. The van der Waals surface area contributed by atoms with Crippen molar-refractivity contribution in [3.63, 3.8) is 0 Å². The number of aryl methyl sites for hydroxylation is 1. The first kappa shape index (κ1) is 12.3. The zero-order chi connectivity index (χ0) is 12.8. The molecule has 0 aromatic heterocycles. The zero-order valence-corrected chi connectivity index (χ0v) is 11.6. The van der Waals surface area contributed by atoms with Gasteiger partial charge in [0, 0.05) is 5.56 Å². The molecule has 17 heavy (non-hydrogen) atoms. The molecule has 1 aromatic rings. The Morgan fingerprint density at radius 1 is 1.06 bits per heavy atom. The standard InChI is InChI=1S/C16H22O/c1-11-8-12(10-17)9-13-14(11)16(4,5)7-6-15(13,2)3/h8-10H,6-7H2,1-5H3. The van der Waals surface area contributed by atoms with E-state index in [0.717, 1.165) is 11.8 Å². The van der Waals surface area contributed by atoms with Crippen molar-refractivity contribution >= 4 is 6.29 Å². The minimum absolute atomic E-state index is 0.189. The number of carbonyl (C=O) groups is 1. The molecular formula is C16H22O. The second kappa shape index (κ2) is 3.69. The maximum Gasteiger partial charge on any atom is 0.150 e. The van der Waals surface area contributed by atoms with Crippen LogP contribution in [-0.4, -0.2) is 6.29 Å². The quantitative estimate of drug-likeness (QED) is 0.662. The van der Waals surface area contributed by atoms with Crippen LogP contribution in [0.15, 0.2) is 12.1 Å². The summed E-state index contributed by atoms with van der Waals surface area (Å²) >= 11 is 0. The third-order valence-corrected chi connectivity index (χ3v) is 4.27. The van der Waals surface area contributed by atoms with E-state index in [1.165, 1.54) is 29.5 Å². The van der Waals surface area contributed by atoms with Crippen LogP contribution >= 0.6 is 0 Å². The first-order chi connectivity index (χ1) is 7.78. The Hall–Kier alpha value is -1.11. The van der Waals surface area contributed by atoms with E-state index >= 15 is 0 Å². The summed E-state index contributed by atoms with van der Waals surface area (Å²) in [6.45, 7) is 11.3. The molecular weight excluding hydrogens is 208 g/mol. The van der Waals surface area contributed by atoms with Crippen LogP contribution in [0.3, 0.4) is 0 Å². The first-order valence-electron chi connectivity index (χ1n) is 6.39. The molecule has 1 aromatic carbocycles. The molecule has 0 heterocycles. The molecule has 0 radical (unpaired) electrons. The van der Waals surface area contributed by atoms with Crippen molar-refractivity contribution in [2.45, 2.75) is 58.3 Å². The lowest BCUT2D eigenvalue weighted by Gasteiger charge is -2.43. The molecule has 1 nitrogen and oxygen atoms in total.